The van der Waals surface area contributed by atoms with E-state index in [1.54, 1.807) is 43.3 Å². The van der Waals surface area contributed by atoms with Crippen molar-refractivity contribution in [1.82, 2.24) is 5.32 Å². The average Bonchev–Trinajstić information content (AvgIpc) is 3.07. The molecule has 10 heteroatoms. The molecule has 8 nitrogen and oxygen atoms in total. The quantitative estimate of drug-likeness (QED) is 0.309. The van der Waals surface area contributed by atoms with Crippen LogP contribution in [0.3, 0.4) is 0 Å². The molecule has 0 aromatic heterocycles. The summed E-state index contributed by atoms with van der Waals surface area (Å²) in [5.74, 6) is -1.41. The van der Waals surface area contributed by atoms with E-state index in [9.17, 15) is 18.8 Å². The van der Waals surface area contributed by atoms with Crippen LogP contribution in [-0.2, 0) is 14.4 Å². The maximum atomic E-state index is 13.0. The Kier molecular flexibility index (Phi) is 7.14. The molecule has 160 valence electrons. The van der Waals surface area contributed by atoms with Gasteiger partial charge in [-0.3, -0.25) is 14.4 Å². The van der Waals surface area contributed by atoms with Crippen molar-refractivity contribution in [2.24, 2.45) is 10.2 Å². The molecule has 0 spiro atoms. The van der Waals surface area contributed by atoms with Crippen LogP contribution in [0.5, 0.6) is 5.75 Å². The summed E-state index contributed by atoms with van der Waals surface area (Å²) >= 11 is 1.09. The van der Waals surface area contributed by atoms with Gasteiger partial charge >= 0.3 is 5.97 Å². The van der Waals surface area contributed by atoms with Crippen molar-refractivity contribution in [2.75, 3.05) is 5.32 Å². The summed E-state index contributed by atoms with van der Waals surface area (Å²) in [6, 6.07) is 12.3. The summed E-state index contributed by atoms with van der Waals surface area (Å²) in [6.07, 6.45) is -0.107. The van der Waals surface area contributed by atoms with E-state index in [0.29, 0.717) is 17.0 Å². The molecule has 1 aliphatic rings. The van der Waals surface area contributed by atoms with Crippen LogP contribution in [-0.4, -0.2) is 33.9 Å². The summed E-state index contributed by atoms with van der Waals surface area (Å²) in [4.78, 5) is 35.8. The second kappa shape index (κ2) is 9.98. The van der Waals surface area contributed by atoms with Gasteiger partial charge in [0.1, 0.15) is 11.1 Å². The molecule has 2 N–H and O–H groups in total. The minimum Gasteiger partial charge on any atom is -0.424 e. The summed E-state index contributed by atoms with van der Waals surface area (Å²) < 4.78 is 18.1. The number of nitrogens with zero attached hydrogens (tertiary/aromatic N) is 2. The highest BCUT2D eigenvalue weighted by Crippen LogP contribution is 2.26. The third kappa shape index (κ3) is 6.22. The molecular formula is C21H19FN4O4S. The number of amides is 2. The van der Waals surface area contributed by atoms with Crippen molar-refractivity contribution >= 4 is 46.1 Å². The Morgan fingerprint density at radius 2 is 1.87 bits per heavy atom. The number of rotatable bonds is 6. The number of ether oxygens (including phenoxy) is 1. The first-order valence-electron chi connectivity index (χ1n) is 9.25. The molecule has 2 aromatic carbocycles. The van der Waals surface area contributed by atoms with Crippen LogP contribution in [0.1, 0.15) is 25.8 Å². The Bertz CT molecular complexity index is 1070. The fraction of sp³-hybridized carbons (Fsp3) is 0.190. The van der Waals surface area contributed by atoms with Crippen molar-refractivity contribution in [1.29, 1.82) is 0 Å². The zero-order valence-corrected chi connectivity index (χ0v) is 17.5. The van der Waals surface area contributed by atoms with Crippen molar-refractivity contribution < 1.29 is 23.5 Å². The molecule has 1 atom stereocenters. The number of benzene rings is 2. The number of esters is 1. The molecule has 0 bridgehead atoms. The SMILES string of the molecule is CC(=O)Oc1ccccc1NC(=O)CC1S/C(=N\N=C(/C)c2ccc(F)cc2)NC1=O. The number of halogens is 1. The second-order valence-corrected chi connectivity index (χ2v) is 7.73. The molecule has 1 heterocycles. The number of anilines is 1. The van der Waals surface area contributed by atoms with Crippen LogP contribution in [0.4, 0.5) is 10.1 Å². The third-order valence-corrected chi connectivity index (χ3v) is 5.19. The second-order valence-electron chi connectivity index (χ2n) is 6.54. The Morgan fingerprint density at radius 3 is 2.58 bits per heavy atom. The first-order valence-corrected chi connectivity index (χ1v) is 10.1. The van der Waals surface area contributed by atoms with Gasteiger partial charge in [-0.05, 0) is 36.8 Å². The molecule has 1 fully saturated rings. The lowest BCUT2D eigenvalue weighted by molar-refractivity contribution is -0.132. The van der Waals surface area contributed by atoms with E-state index in [4.69, 9.17) is 4.74 Å². The summed E-state index contributed by atoms with van der Waals surface area (Å²) in [5, 5.41) is 12.9. The Balaban J connectivity index is 1.61. The van der Waals surface area contributed by atoms with E-state index in [1.165, 1.54) is 19.1 Å². The van der Waals surface area contributed by atoms with E-state index < -0.39 is 17.1 Å². The first kappa shape index (κ1) is 22.2. The van der Waals surface area contributed by atoms with E-state index in [1.807, 2.05) is 0 Å². The Morgan fingerprint density at radius 1 is 1.16 bits per heavy atom. The molecular weight excluding hydrogens is 423 g/mol. The lowest BCUT2D eigenvalue weighted by Crippen LogP contribution is -2.28. The number of nitrogens with one attached hydrogen (secondary N) is 2. The highest BCUT2D eigenvalue weighted by Gasteiger charge is 2.32. The fourth-order valence-electron chi connectivity index (χ4n) is 2.64. The van der Waals surface area contributed by atoms with E-state index in [2.05, 4.69) is 20.8 Å². The number of thioether (sulfide) groups is 1. The summed E-state index contributed by atoms with van der Waals surface area (Å²) in [7, 11) is 0. The molecule has 2 aromatic rings. The van der Waals surface area contributed by atoms with Gasteiger partial charge in [-0.1, -0.05) is 36.0 Å². The summed E-state index contributed by atoms with van der Waals surface area (Å²) in [5.41, 5.74) is 1.58. The highest BCUT2D eigenvalue weighted by atomic mass is 32.2. The smallest absolute Gasteiger partial charge is 0.308 e. The molecule has 3 rings (SSSR count). The lowest BCUT2D eigenvalue weighted by Gasteiger charge is -2.11. The van der Waals surface area contributed by atoms with Crippen molar-refractivity contribution in [2.45, 2.75) is 25.5 Å². The van der Waals surface area contributed by atoms with Gasteiger partial charge in [0.05, 0.1) is 11.4 Å². The number of carbonyl (C=O) groups is 3. The average molecular weight is 442 g/mol. The topological polar surface area (TPSA) is 109 Å². The molecule has 0 radical (unpaired) electrons. The molecule has 31 heavy (non-hydrogen) atoms. The Hall–Kier alpha value is -3.53. The molecule has 2 amide bonds. The van der Waals surface area contributed by atoms with Gasteiger partial charge < -0.3 is 15.4 Å². The van der Waals surface area contributed by atoms with Crippen LogP contribution < -0.4 is 15.4 Å². The van der Waals surface area contributed by atoms with Gasteiger partial charge in [-0.2, -0.15) is 5.10 Å². The van der Waals surface area contributed by atoms with Gasteiger partial charge in [-0.25, -0.2) is 4.39 Å². The third-order valence-electron chi connectivity index (χ3n) is 4.11. The van der Waals surface area contributed by atoms with E-state index in [0.717, 1.165) is 11.8 Å². The maximum absolute atomic E-state index is 13.0. The van der Waals surface area contributed by atoms with Gasteiger partial charge in [0.15, 0.2) is 10.9 Å². The fourth-order valence-corrected chi connectivity index (χ4v) is 3.56. The monoisotopic (exact) mass is 442 g/mol. The maximum Gasteiger partial charge on any atom is 0.308 e. The van der Waals surface area contributed by atoms with Gasteiger partial charge in [0.2, 0.25) is 11.8 Å². The molecule has 1 unspecified atom stereocenters. The van der Waals surface area contributed by atoms with E-state index >= 15 is 0 Å². The van der Waals surface area contributed by atoms with Crippen molar-refractivity contribution in [3.05, 3.63) is 59.9 Å². The summed E-state index contributed by atoms with van der Waals surface area (Å²) in [6.45, 7) is 2.98. The normalized spacial score (nSPS) is 17.4. The van der Waals surface area contributed by atoms with Crippen molar-refractivity contribution in [3.8, 4) is 5.75 Å². The van der Waals surface area contributed by atoms with Crippen molar-refractivity contribution in [3.63, 3.8) is 0 Å². The lowest BCUT2D eigenvalue weighted by atomic mass is 10.1. The van der Waals surface area contributed by atoms with Crippen LogP contribution in [0.25, 0.3) is 0 Å². The highest BCUT2D eigenvalue weighted by molar-refractivity contribution is 8.15. The zero-order valence-electron chi connectivity index (χ0n) is 16.7. The number of hydrogen-bond donors (Lipinski definition) is 2. The van der Waals surface area contributed by atoms with E-state index in [-0.39, 0.29) is 29.1 Å². The first-order chi connectivity index (χ1) is 14.8. The minimum absolute atomic E-state index is 0.107. The molecule has 0 aliphatic carbocycles. The van der Waals surface area contributed by atoms with Gasteiger partial charge in [0, 0.05) is 13.3 Å². The molecule has 1 saturated heterocycles. The predicted molar refractivity (Wildman–Crippen MR) is 117 cm³/mol. The number of amidine groups is 1. The Labute approximate surface area is 182 Å². The van der Waals surface area contributed by atoms with Crippen LogP contribution in [0, 0.1) is 5.82 Å². The number of para-hydroxylation sites is 2. The minimum atomic E-state index is -0.680. The molecule has 1 aliphatic heterocycles. The molecule has 0 saturated carbocycles. The standard InChI is InChI=1S/C21H19FN4O4S/c1-12(14-7-9-15(22)10-8-14)25-26-21-24-20(29)18(31-21)11-19(28)23-16-5-3-4-6-17(16)30-13(2)27/h3-10,18H,11H2,1-2H3,(H,23,28)(H,24,26,29)/b25-12+. The number of hydrogen-bond acceptors (Lipinski definition) is 7. The van der Waals surface area contributed by atoms with Gasteiger partial charge in [-0.15, -0.1) is 5.10 Å². The van der Waals surface area contributed by atoms with Crippen LogP contribution >= 0.6 is 11.8 Å². The van der Waals surface area contributed by atoms with Crippen LogP contribution in [0.2, 0.25) is 0 Å². The number of carbonyl (C=O) groups excluding carboxylic acids is 3. The van der Waals surface area contributed by atoms with Gasteiger partial charge in [0.25, 0.3) is 0 Å². The predicted octanol–water partition coefficient (Wildman–Crippen LogP) is 3.09. The van der Waals surface area contributed by atoms with Crippen LogP contribution in [0.15, 0.2) is 58.7 Å². The zero-order chi connectivity index (χ0) is 22.4. The largest absolute Gasteiger partial charge is 0.424 e.